The number of aliphatic hydroxyl groups is 1. The Bertz CT molecular complexity index is 572. The third kappa shape index (κ3) is 16.8. The molecule has 5 heteroatoms. The van der Waals surface area contributed by atoms with Crippen LogP contribution < -0.4 is 0 Å². The SMILES string of the molecule is C=C(C)C(=O)OC(OC(=O)CCCCCCC/C=C\C/C=C\C/C=C\CC)C(C)O. The molecule has 0 spiro atoms. The van der Waals surface area contributed by atoms with E-state index in [1.807, 2.05) is 0 Å². The zero-order valence-electron chi connectivity index (χ0n) is 19.0. The standard InChI is InChI=1S/C25H40O5/c1-5-6-7-8-9-10-11-12-13-14-15-16-17-18-19-20-23(27)29-25(22(4)26)30-24(28)21(2)3/h6-7,9-10,12-13,22,25-26H,2,5,8,11,14-20H2,1,3-4H3/b7-6-,10-9-,13-12-. The first-order valence-corrected chi connectivity index (χ1v) is 11.1. The Morgan fingerprint density at radius 3 is 2.07 bits per heavy atom. The lowest BCUT2D eigenvalue weighted by atomic mass is 10.1. The Hall–Kier alpha value is -2.14. The van der Waals surface area contributed by atoms with Gasteiger partial charge in [-0.1, -0.05) is 69.2 Å². The molecule has 0 aromatic heterocycles. The topological polar surface area (TPSA) is 72.8 Å². The number of rotatable bonds is 17. The van der Waals surface area contributed by atoms with Crippen LogP contribution >= 0.6 is 0 Å². The van der Waals surface area contributed by atoms with E-state index < -0.39 is 24.3 Å². The number of aliphatic hydroxyl groups excluding tert-OH is 1. The third-order valence-electron chi connectivity index (χ3n) is 4.24. The van der Waals surface area contributed by atoms with Crippen LogP contribution in [-0.4, -0.2) is 29.4 Å². The fourth-order valence-corrected chi connectivity index (χ4v) is 2.50. The molecule has 0 rings (SSSR count). The van der Waals surface area contributed by atoms with E-state index in [1.165, 1.54) is 13.8 Å². The summed E-state index contributed by atoms with van der Waals surface area (Å²) in [6.45, 7) is 8.49. The molecular formula is C25H40O5. The average molecular weight is 421 g/mol. The van der Waals surface area contributed by atoms with E-state index in [4.69, 9.17) is 9.47 Å². The van der Waals surface area contributed by atoms with E-state index >= 15 is 0 Å². The van der Waals surface area contributed by atoms with E-state index in [0.717, 1.165) is 51.4 Å². The summed E-state index contributed by atoms with van der Waals surface area (Å²) >= 11 is 0. The van der Waals surface area contributed by atoms with Gasteiger partial charge in [-0.2, -0.15) is 0 Å². The highest BCUT2D eigenvalue weighted by molar-refractivity contribution is 5.87. The second-order valence-electron chi connectivity index (χ2n) is 7.38. The summed E-state index contributed by atoms with van der Waals surface area (Å²) in [4.78, 5) is 23.4. The van der Waals surface area contributed by atoms with E-state index in [2.05, 4.69) is 50.0 Å². The van der Waals surface area contributed by atoms with Gasteiger partial charge in [-0.15, -0.1) is 0 Å². The van der Waals surface area contributed by atoms with E-state index in [9.17, 15) is 14.7 Å². The first-order chi connectivity index (χ1) is 14.4. The highest BCUT2D eigenvalue weighted by Gasteiger charge is 2.24. The molecule has 0 saturated carbocycles. The summed E-state index contributed by atoms with van der Waals surface area (Å²) in [7, 11) is 0. The number of carbonyl (C=O) groups excluding carboxylic acids is 2. The molecule has 0 amide bonds. The van der Waals surface area contributed by atoms with Crippen LogP contribution in [0.1, 0.15) is 85.0 Å². The van der Waals surface area contributed by atoms with Crippen LogP contribution in [0.5, 0.6) is 0 Å². The number of ether oxygens (including phenoxy) is 2. The first-order valence-electron chi connectivity index (χ1n) is 11.1. The molecule has 0 aromatic rings. The van der Waals surface area contributed by atoms with Gasteiger partial charge in [0.1, 0.15) is 6.10 Å². The highest BCUT2D eigenvalue weighted by atomic mass is 16.7. The van der Waals surface area contributed by atoms with Crippen LogP contribution in [0, 0.1) is 0 Å². The molecule has 2 atom stereocenters. The van der Waals surface area contributed by atoms with Gasteiger partial charge in [0.2, 0.25) is 0 Å². The largest absolute Gasteiger partial charge is 0.422 e. The first kappa shape index (κ1) is 27.9. The predicted octanol–water partition coefficient (Wildman–Crippen LogP) is 5.95. The minimum atomic E-state index is -1.30. The van der Waals surface area contributed by atoms with Crippen LogP contribution in [0.25, 0.3) is 0 Å². The minimum Gasteiger partial charge on any atom is -0.422 e. The Morgan fingerprint density at radius 1 is 0.900 bits per heavy atom. The molecule has 30 heavy (non-hydrogen) atoms. The summed E-state index contributed by atoms with van der Waals surface area (Å²) in [6, 6.07) is 0. The minimum absolute atomic E-state index is 0.183. The van der Waals surface area contributed by atoms with Crippen molar-refractivity contribution in [1.82, 2.24) is 0 Å². The summed E-state index contributed by atoms with van der Waals surface area (Å²) in [5.74, 6) is -1.17. The van der Waals surface area contributed by atoms with Crippen molar-refractivity contribution in [2.24, 2.45) is 0 Å². The van der Waals surface area contributed by atoms with Crippen molar-refractivity contribution in [1.29, 1.82) is 0 Å². The zero-order chi connectivity index (χ0) is 22.6. The summed E-state index contributed by atoms with van der Waals surface area (Å²) in [5, 5.41) is 9.60. The van der Waals surface area contributed by atoms with Gasteiger partial charge >= 0.3 is 11.9 Å². The molecule has 170 valence electrons. The molecule has 0 aromatic carbocycles. The maximum absolute atomic E-state index is 11.9. The molecule has 0 fully saturated rings. The Labute approximate surface area is 182 Å². The van der Waals surface area contributed by atoms with Gasteiger partial charge in [-0.05, 0) is 52.4 Å². The second-order valence-corrected chi connectivity index (χ2v) is 7.38. The number of hydrogen-bond acceptors (Lipinski definition) is 5. The van der Waals surface area contributed by atoms with Crippen molar-refractivity contribution in [3.05, 3.63) is 48.6 Å². The molecule has 1 N–H and O–H groups in total. The zero-order valence-corrected chi connectivity index (χ0v) is 19.0. The number of hydrogen-bond donors (Lipinski definition) is 1. The second kappa shape index (κ2) is 18.9. The van der Waals surface area contributed by atoms with Crippen LogP contribution in [0.4, 0.5) is 0 Å². The van der Waals surface area contributed by atoms with E-state index in [1.54, 1.807) is 0 Å². The highest BCUT2D eigenvalue weighted by Crippen LogP contribution is 2.11. The van der Waals surface area contributed by atoms with Crippen LogP contribution in [0.3, 0.4) is 0 Å². The molecule has 0 saturated heterocycles. The third-order valence-corrected chi connectivity index (χ3v) is 4.24. The van der Waals surface area contributed by atoms with Gasteiger partial charge in [0, 0.05) is 12.0 Å². The van der Waals surface area contributed by atoms with Crippen molar-refractivity contribution in [2.75, 3.05) is 0 Å². The lowest BCUT2D eigenvalue weighted by molar-refractivity contribution is -0.202. The molecule has 0 aliphatic heterocycles. The van der Waals surface area contributed by atoms with Gasteiger partial charge < -0.3 is 14.6 Å². The molecule has 5 nitrogen and oxygen atoms in total. The van der Waals surface area contributed by atoms with Crippen LogP contribution in [-0.2, 0) is 19.1 Å². The molecule has 0 aliphatic carbocycles. The monoisotopic (exact) mass is 420 g/mol. The maximum atomic E-state index is 11.9. The fourth-order valence-electron chi connectivity index (χ4n) is 2.50. The van der Waals surface area contributed by atoms with E-state index in [-0.39, 0.29) is 12.0 Å². The van der Waals surface area contributed by atoms with Crippen molar-refractivity contribution in [3.63, 3.8) is 0 Å². The van der Waals surface area contributed by atoms with Gasteiger partial charge in [0.25, 0.3) is 6.29 Å². The summed E-state index contributed by atoms with van der Waals surface area (Å²) < 4.78 is 9.99. The summed E-state index contributed by atoms with van der Waals surface area (Å²) in [5.41, 5.74) is 0.183. The van der Waals surface area contributed by atoms with Gasteiger partial charge in [0.05, 0.1) is 0 Å². The fraction of sp³-hybridized carbons (Fsp3) is 0.600. The molecular weight excluding hydrogens is 380 g/mol. The molecule has 2 unspecified atom stereocenters. The smallest absolute Gasteiger partial charge is 0.336 e. The number of allylic oxidation sites excluding steroid dienone is 6. The predicted molar refractivity (Wildman–Crippen MR) is 122 cm³/mol. The maximum Gasteiger partial charge on any atom is 0.336 e. The number of esters is 2. The summed E-state index contributed by atoms with van der Waals surface area (Å²) in [6.07, 6.45) is 20.2. The Kier molecular flexibility index (Phi) is 17.5. The van der Waals surface area contributed by atoms with Crippen LogP contribution in [0.2, 0.25) is 0 Å². The van der Waals surface area contributed by atoms with Crippen molar-refractivity contribution < 1.29 is 24.2 Å². The number of unbranched alkanes of at least 4 members (excludes halogenated alkanes) is 5. The average Bonchev–Trinajstić information content (AvgIpc) is 2.70. The van der Waals surface area contributed by atoms with Crippen LogP contribution in [0.15, 0.2) is 48.6 Å². The van der Waals surface area contributed by atoms with Crippen molar-refractivity contribution in [3.8, 4) is 0 Å². The molecule has 0 radical (unpaired) electrons. The quantitative estimate of drug-likeness (QED) is 0.104. The van der Waals surface area contributed by atoms with Crippen molar-refractivity contribution >= 4 is 11.9 Å². The normalized spacial score (nSPS) is 13.7. The Morgan fingerprint density at radius 2 is 1.47 bits per heavy atom. The molecule has 0 aliphatic rings. The van der Waals surface area contributed by atoms with Gasteiger partial charge in [-0.3, -0.25) is 4.79 Å². The van der Waals surface area contributed by atoms with E-state index in [0.29, 0.717) is 6.42 Å². The molecule has 0 bridgehead atoms. The number of carbonyl (C=O) groups is 2. The van der Waals surface area contributed by atoms with Gasteiger partial charge in [0.15, 0.2) is 0 Å². The lowest BCUT2D eigenvalue weighted by Gasteiger charge is -2.20. The lowest BCUT2D eigenvalue weighted by Crippen LogP contribution is -2.34. The van der Waals surface area contributed by atoms with Gasteiger partial charge in [-0.25, -0.2) is 4.79 Å². The Balaban J connectivity index is 3.74. The molecule has 0 heterocycles. The van der Waals surface area contributed by atoms with Crippen molar-refractivity contribution in [2.45, 2.75) is 97.4 Å².